The van der Waals surface area contributed by atoms with Crippen molar-refractivity contribution in [1.82, 2.24) is 9.55 Å². The largest absolute Gasteiger partial charge is 0.497 e. The van der Waals surface area contributed by atoms with Crippen LogP contribution < -0.4 is 19.6 Å². The maximum Gasteiger partial charge on any atom is 0.271 e. The molecule has 0 radical (unpaired) electrons. The number of benzene rings is 2. The molecule has 2 aliphatic rings. The first-order valence-corrected chi connectivity index (χ1v) is 12.0. The van der Waals surface area contributed by atoms with Crippen LogP contribution in [0.1, 0.15) is 36.4 Å². The number of hydrogen-bond acceptors (Lipinski definition) is 6. The van der Waals surface area contributed by atoms with Gasteiger partial charge < -0.3 is 4.74 Å². The van der Waals surface area contributed by atoms with Crippen LogP contribution in [0.3, 0.4) is 0 Å². The highest BCUT2D eigenvalue weighted by molar-refractivity contribution is 7.07. The zero-order chi connectivity index (χ0) is 23.2. The van der Waals surface area contributed by atoms with Crippen LogP contribution in [0.2, 0.25) is 0 Å². The maximum absolute atomic E-state index is 13.7. The molecule has 0 N–H and O–H groups in total. The van der Waals surface area contributed by atoms with Crippen molar-refractivity contribution in [2.75, 3.05) is 7.11 Å². The van der Waals surface area contributed by atoms with E-state index in [1.54, 1.807) is 17.9 Å². The van der Waals surface area contributed by atoms with Crippen LogP contribution in [0.15, 0.2) is 82.0 Å². The van der Waals surface area contributed by atoms with Gasteiger partial charge in [-0.25, -0.2) is 4.99 Å². The topological polar surface area (TPSA) is 73.6 Å². The summed E-state index contributed by atoms with van der Waals surface area (Å²) in [4.78, 5) is 36.3. The Kier molecular flexibility index (Phi) is 4.99. The summed E-state index contributed by atoms with van der Waals surface area (Å²) in [7, 11) is 1.62. The van der Waals surface area contributed by atoms with Gasteiger partial charge in [0.1, 0.15) is 5.75 Å². The summed E-state index contributed by atoms with van der Waals surface area (Å²) >= 11 is 1.37. The number of rotatable bonds is 3. The van der Waals surface area contributed by atoms with Gasteiger partial charge in [0.05, 0.1) is 23.4 Å². The Morgan fingerprint density at radius 2 is 1.91 bits per heavy atom. The number of allylic oxidation sites excluding steroid dienone is 2. The van der Waals surface area contributed by atoms with Crippen LogP contribution >= 0.6 is 11.3 Å². The minimum Gasteiger partial charge on any atom is -0.497 e. The number of carbonyl (C=O) groups excluding carboxylic acids is 1. The Morgan fingerprint density at radius 1 is 1.06 bits per heavy atom. The smallest absolute Gasteiger partial charge is 0.271 e. The van der Waals surface area contributed by atoms with Crippen molar-refractivity contribution >= 4 is 34.0 Å². The number of nitrogens with zero attached hydrogens (tertiary/aromatic N) is 3. The zero-order valence-corrected chi connectivity index (χ0v) is 19.3. The number of methoxy groups -OCH3 is 1. The monoisotopic (exact) mass is 467 g/mol. The maximum atomic E-state index is 13.7. The van der Waals surface area contributed by atoms with E-state index in [4.69, 9.17) is 9.73 Å². The highest BCUT2D eigenvalue weighted by Crippen LogP contribution is 2.36. The molecule has 168 valence electrons. The van der Waals surface area contributed by atoms with E-state index < -0.39 is 6.04 Å². The van der Waals surface area contributed by atoms with E-state index in [0.29, 0.717) is 21.3 Å². The molecule has 4 aromatic rings. The molecular weight excluding hydrogens is 446 g/mol. The molecule has 3 heterocycles. The molecule has 0 saturated carbocycles. The molecule has 2 aromatic heterocycles. The Morgan fingerprint density at radius 3 is 2.74 bits per heavy atom. The van der Waals surface area contributed by atoms with E-state index in [1.807, 2.05) is 60.8 Å². The lowest BCUT2D eigenvalue weighted by atomic mass is 9.86. The average Bonchev–Trinajstić information content (AvgIpc) is 3.17. The molecule has 2 aromatic carbocycles. The van der Waals surface area contributed by atoms with Gasteiger partial charge in [-0.05, 0) is 59.7 Å². The van der Waals surface area contributed by atoms with E-state index in [-0.39, 0.29) is 11.3 Å². The van der Waals surface area contributed by atoms with E-state index in [9.17, 15) is 9.59 Å². The molecule has 1 aliphatic carbocycles. The van der Waals surface area contributed by atoms with Crippen molar-refractivity contribution in [3.05, 3.63) is 103 Å². The average molecular weight is 468 g/mol. The lowest BCUT2D eigenvalue weighted by Gasteiger charge is -2.28. The van der Waals surface area contributed by atoms with E-state index in [0.717, 1.165) is 46.2 Å². The number of carbonyl (C=O) groups is 1. The van der Waals surface area contributed by atoms with Gasteiger partial charge >= 0.3 is 0 Å². The summed E-state index contributed by atoms with van der Waals surface area (Å²) in [6.07, 6.45) is 7.50. The van der Waals surface area contributed by atoms with E-state index in [1.165, 1.54) is 11.3 Å². The molecule has 6 nitrogen and oxygen atoms in total. The van der Waals surface area contributed by atoms with Crippen molar-refractivity contribution in [2.45, 2.75) is 25.3 Å². The summed E-state index contributed by atoms with van der Waals surface area (Å²) in [5.41, 5.74) is 3.11. The van der Waals surface area contributed by atoms with Crippen molar-refractivity contribution < 1.29 is 9.53 Å². The quantitative estimate of drug-likeness (QED) is 0.462. The predicted molar refractivity (Wildman–Crippen MR) is 132 cm³/mol. The highest BCUT2D eigenvalue weighted by atomic mass is 32.1. The number of Topliss-reactive ketones (excluding diaryl/α,β-unsaturated/α-hetero) is 1. The third-order valence-corrected chi connectivity index (χ3v) is 7.40. The number of thiazole rings is 1. The molecule has 0 fully saturated rings. The minimum atomic E-state index is -0.479. The molecule has 7 heteroatoms. The normalized spacial score (nSPS) is 18.0. The molecule has 1 aliphatic heterocycles. The fourth-order valence-corrected chi connectivity index (χ4v) is 5.78. The molecule has 1 unspecified atom stereocenters. The Balaban J connectivity index is 1.55. The molecule has 0 saturated heterocycles. The van der Waals surface area contributed by atoms with Gasteiger partial charge in [-0.1, -0.05) is 35.6 Å². The predicted octanol–water partition coefficient (Wildman–Crippen LogP) is 3.53. The van der Waals surface area contributed by atoms with Crippen LogP contribution in [0.4, 0.5) is 0 Å². The number of ether oxygens (including phenoxy) is 1. The van der Waals surface area contributed by atoms with Crippen molar-refractivity contribution in [3.63, 3.8) is 0 Å². The Bertz CT molecular complexity index is 1660. The SMILES string of the molecule is COc1ccc(C2C3=C(CCCC3=O)N=c3s/c(=C/c4ccc5ccncc5c4)c(=O)n32)cc1. The van der Waals surface area contributed by atoms with Gasteiger partial charge in [-0.2, -0.15) is 0 Å². The van der Waals surface area contributed by atoms with Crippen molar-refractivity contribution in [1.29, 1.82) is 0 Å². The standard InChI is InChI=1S/C27H21N3O3S/c1-33-20-9-7-18(8-10-20)25-24-21(3-2-4-22(24)31)29-27-30(25)26(32)23(34-27)14-16-5-6-17-11-12-28-15-19(17)13-16/h5-15,25H,2-4H2,1H3/b23-14+. The second-order valence-corrected chi connectivity index (χ2v) is 9.48. The molecule has 34 heavy (non-hydrogen) atoms. The van der Waals surface area contributed by atoms with Gasteiger partial charge in [-0.15, -0.1) is 0 Å². The third-order valence-electron chi connectivity index (χ3n) is 6.42. The van der Waals surface area contributed by atoms with Crippen molar-refractivity contribution in [2.24, 2.45) is 4.99 Å². The lowest BCUT2D eigenvalue weighted by Crippen LogP contribution is -2.40. The molecule has 1 atom stereocenters. The second kappa shape index (κ2) is 8.18. The number of ketones is 1. The van der Waals surface area contributed by atoms with Crippen LogP contribution in [0.5, 0.6) is 5.75 Å². The fourth-order valence-electron chi connectivity index (χ4n) is 4.76. The summed E-state index contributed by atoms with van der Waals surface area (Å²) in [6.45, 7) is 0. The summed E-state index contributed by atoms with van der Waals surface area (Å²) < 4.78 is 7.58. The number of aromatic nitrogens is 2. The Hall–Kier alpha value is -3.84. The number of fused-ring (bicyclic) bond motifs is 2. The summed E-state index contributed by atoms with van der Waals surface area (Å²) in [5.74, 6) is 0.799. The fraction of sp³-hybridized carbons (Fsp3) is 0.185. The summed E-state index contributed by atoms with van der Waals surface area (Å²) in [5, 5.41) is 2.11. The zero-order valence-electron chi connectivity index (χ0n) is 18.5. The first-order chi connectivity index (χ1) is 16.6. The highest BCUT2D eigenvalue weighted by Gasteiger charge is 2.34. The van der Waals surface area contributed by atoms with E-state index >= 15 is 0 Å². The van der Waals surface area contributed by atoms with Gasteiger partial charge in [0.25, 0.3) is 5.56 Å². The third kappa shape index (κ3) is 3.40. The van der Waals surface area contributed by atoms with Crippen molar-refractivity contribution in [3.8, 4) is 5.75 Å². The number of hydrogen-bond donors (Lipinski definition) is 0. The van der Waals surface area contributed by atoms with Gasteiger partial charge in [0.15, 0.2) is 10.6 Å². The van der Waals surface area contributed by atoms with E-state index in [2.05, 4.69) is 4.98 Å². The first kappa shape index (κ1) is 20.7. The van der Waals surface area contributed by atoms with Gasteiger partial charge in [-0.3, -0.25) is 19.1 Å². The molecule has 6 rings (SSSR count). The van der Waals surface area contributed by atoms with Crippen LogP contribution in [-0.4, -0.2) is 22.4 Å². The van der Waals surface area contributed by atoms with Crippen LogP contribution in [-0.2, 0) is 4.79 Å². The molecular formula is C27H21N3O3S. The Labute approximate surface area is 199 Å². The molecule has 0 bridgehead atoms. The van der Waals surface area contributed by atoms with Crippen LogP contribution in [0.25, 0.3) is 16.8 Å². The van der Waals surface area contributed by atoms with Gasteiger partial charge in [0.2, 0.25) is 0 Å². The minimum absolute atomic E-state index is 0.0714. The van der Waals surface area contributed by atoms with Crippen LogP contribution in [0, 0.1) is 0 Å². The molecule has 0 spiro atoms. The lowest BCUT2D eigenvalue weighted by molar-refractivity contribution is -0.116. The number of pyridine rings is 1. The second-order valence-electron chi connectivity index (χ2n) is 8.48. The summed E-state index contributed by atoms with van der Waals surface area (Å²) in [6, 6.07) is 15.1. The van der Waals surface area contributed by atoms with Gasteiger partial charge in [0, 0.05) is 29.8 Å². The molecule has 0 amide bonds. The first-order valence-electron chi connectivity index (χ1n) is 11.2.